The molecule has 7 nitrogen and oxygen atoms in total. The first-order valence-electron chi connectivity index (χ1n) is 13.5. The molecule has 1 atom stereocenters. The van der Waals surface area contributed by atoms with Gasteiger partial charge in [0.2, 0.25) is 0 Å². The molecule has 2 aliphatic carbocycles. The minimum Gasteiger partial charge on any atom is -0.484 e. The highest BCUT2D eigenvalue weighted by molar-refractivity contribution is 6.02. The Morgan fingerprint density at radius 1 is 1.23 bits per heavy atom. The number of carbonyl (C=O) groups excluding carboxylic acids is 2. The molecular formula is C32H37FN4O3. The Kier molecular flexibility index (Phi) is 8.87. The molecule has 0 saturated heterocycles. The molecule has 2 amide bonds. The van der Waals surface area contributed by atoms with Gasteiger partial charge in [-0.25, -0.2) is 4.39 Å². The molecule has 3 aliphatic rings. The van der Waals surface area contributed by atoms with Crippen molar-refractivity contribution < 1.29 is 18.7 Å². The maximum atomic E-state index is 13.7. The molecule has 2 N–H and O–H groups in total. The summed E-state index contributed by atoms with van der Waals surface area (Å²) in [5.41, 5.74) is 6.05. The van der Waals surface area contributed by atoms with Crippen LogP contribution in [-0.4, -0.2) is 50.3 Å². The molecule has 1 heterocycles. The van der Waals surface area contributed by atoms with E-state index in [0.717, 1.165) is 33.4 Å². The van der Waals surface area contributed by atoms with Gasteiger partial charge >= 0.3 is 0 Å². The number of allylic oxidation sites excluding steroid dienone is 7. The zero-order valence-electron chi connectivity index (χ0n) is 23.8. The van der Waals surface area contributed by atoms with Gasteiger partial charge in [-0.1, -0.05) is 38.1 Å². The molecule has 0 bridgehead atoms. The lowest BCUT2D eigenvalue weighted by molar-refractivity contribution is -0.116. The van der Waals surface area contributed by atoms with Crippen molar-refractivity contribution in [3.63, 3.8) is 0 Å². The Labute approximate surface area is 235 Å². The first-order valence-corrected chi connectivity index (χ1v) is 13.5. The van der Waals surface area contributed by atoms with Crippen LogP contribution in [0.2, 0.25) is 0 Å². The summed E-state index contributed by atoms with van der Waals surface area (Å²) in [6, 6.07) is 5.81. The zero-order valence-corrected chi connectivity index (χ0v) is 23.8. The summed E-state index contributed by atoms with van der Waals surface area (Å²) in [5.74, 6) is 0.239. The number of carbonyl (C=O) groups is 2. The summed E-state index contributed by atoms with van der Waals surface area (Å²) in [6.07, 6.45) is 10.0. The highest BCUT2D eigenvalue weighted by atomic mass is 19.1. The van der Waals surface area contributed by atoms with Gasteiger partial charge in [0.1, 0.15) is 17.7 Å². The van der Waals surface area contributed by atoms with E-state index in [9.17, 15) is 14.0 Å². The molecule has 0 radical (unpaired) electrons. The average molecular weight is 545 g/mol. The molecular weight excluding hydrogens is 507 g/mol. The normalized spacial score (nSPS) is 18.7. The van der Waals surface area contributed by atoms with Crippen LogP contribution in [0.3, 0.4) is 0 Å². The quantitative estimate of drug-likeness (QED) is 0.310. The van der Waals surface area contributed by atoms with E-state index in [4.69, 9.17) is 4.74 Å². The van der Waals surface area contributed by atoms with Gasteiger partial charge in [-0.2, -0.15) is 5.10 Å². The molecule has 1 aromatic rings. The lowest BCUT2D eigenvalue weighted by Gasteiger charge is -2.20. The lowest BCUT2D eigenvalue weighted by atomic mass is 9.87. The molecule has 4 rings (SSSR count). The van der Waals surface area contributed by atoms with Crippen molar-refractivity contribution >= 4 is 29.7 Å². The minimum atomic E-state index is -0.303. The van der Waals surface area contributed by atoms with Gasteiger partial charge in [0.05, 0.1) is 5.57 Å². The molecule has 0 spiro atoms. The van der Waals surface area contributed by atoms with Gasteiger partial charge in [0.15, 0.2) is 0 Å². The number of hydrogen-bond acceptors (Lipinski definition) is 5. The molecule has 0 saturated carbocycles. The molecule has 1 aromatic carbocycles. The Balaban J connectivity index is 1.76. The molecule has 210 valence electrons. The topological polar surface area (TPSA) is 83.0 Å². The first-order chi connectivity index (χ1) is 19.1. The van der Waals surface area contributed by atoms with Gasteiger partial charge < -0.3 is 15.4 Å². The summed E-state index contributed by atoms with van der Waals surface area (Å²) in [7, 11) is 3.37. The third-order valence-corrected chi connectivity index (χ3v) is 7.13. The lowest BCUT2D eigenvalue weighted by Crippen LogP contribution is -2.28. The monoisotopic (exact) mass is 544 g/mol. The second kappa shape index (κ2) is 12.3. The maximum Gasteiger partial charge on any atom is 0.255 e. The van der Waals surface area contributed by atoms with E-state index in [1.54, 1.807) is 25.2 Å². The van der Waals surface area contributed by atoms with Crippen LogP contribution in [0.4, 0.5) is 4.39 Å². The highest BCUT2D eigenvalue weighted by Gasteiger charge is 2.37. The largest absolute Gasteiger partial charge is 0.484 e. The zero-order chi connectivity index (χ0) is 29.0. The van der Waals surface area contributed by atoms with Crippen molar-refractivity contribution in [2.24, 2.45) is 11.0 Å². The van der Waals surface area contributed by atoms with Crippen LogP contribution in [0.15, 0.2) is 82.1 Å². The predicted molar refractivity (Wildman–Crippen MR) is 158 cm³/mol. The maximum absolute atomic E-state index is 13.7. The number of halogens is 1. The van der Waals surface area contributed by atoms with Crippen molar-refractivity contribution in [3.8, 4) is 0 Å². The minimum absolute atomic E-state index is 0.156. The number of likely N-dealkylation sites (N-methyl/N-ethyl adjacent to an activating group) is 1. The van der Waals surface area contributed by atoms with Crippen LogP contribution in [0, 0.1) is 5.92 Å². The predicted octanol–water partition coefficient (Wildman–Crippen LogP) is 5.67. The first kappa shape index (κ1) is 28.8. The van der Waals surface area contributed by atoms with Gasteiger partial charge in [-0.15, -0.1) is 0 Å². The van der Waals surface area contributed by atoms with Gasteiger partial charge in [0.25, 0.3) is 11.8 Å². The molecule has 1 aliphatic heterocycles. The molecule has 0 fully saturated rings. The second-order valence-corrected chi connectivity index (χ2v) is 10.6. The van der Waals surface area contributed by atoms with Gasteiger partial charge in [0, 0.05) is 57.5 Å². The van der Waals surface area contributed by atoms with Crippen LogP contribution in [0.1, 0.15) is 61.5 Å². The van der Waals surface area contributed by atoms with E-state index >= 15 is 0 Å². The fourth-order valence-corrected chi connectivity index (χ4v) is 4.99. The number of hydrogen-bond donors (Lipinski definition) is 2. The Morgan fingerprint density at radius 2 is 2.00 bits per heavy atom. The standard InChI is InChI=1S/C32H37FN4O3/c1-19(2)17-36-31(38)26-15-22(9-13-25(26)20(3)18-37(6)35-5)23-10-14-28-27(16-23)29(32(39)34-4)30(40-28)21-7-11-24(33)12-8-21/h7,9-11,13,15-16,18-19,28H,5,8,12,14,17H2,1-4,6H3,(H,34,39)(H,36,38)/b20-18+. The van der Waals surface area contributed by atoms with E-state index < -0.39 is 0 Å². The number of benzene rings is 1. The van der Waals surface area contributed by atoms with Crippen molar-refractivity contribution in [1.29, 1.82) is 0 Å². The molecule has 40 heavy (non-hydrogen) atoms. The van der Waals surface area contributed by atoms with Crippen LogP contribution in [-0.2, 0) is 9.53 Å². The van der Waals surface area contributed by atoms with E-state index in [1.807, 2.05) is 37.4 Å². The molecule has 0 aromatic heterocycles. The smallest absolute Gasteiger partial charge is 0.255 e. The molecule has 8 heteroatoms. The van der Waals surface area contributed by atoms with Crippen molar-refractivity contribution in [2.45, 2.75) is 46.1 Å². The fraction of sp³-hybridized carbons (Fsp3) is 0.344. The number of ether oxygens (including phenoxy) is 1. The Hall–Kier alpha value is -4.20. The fourth-order valence-electron chi connectivity index (χ4n) is 4.99. The Morgan fingerprint density at radius 3 is 2.65 bits per heavy atom. The summed E-state index contributed by atoms with van der Waals surface area (Å²) < 4.78 is 19.9. The van der Waals surface area contributed by atoms with Crippen molar-refractivity contribution in [1.82, 2.24) is 15.6 Å². The van der Waals surface area contributed by atoms with E-state index in [0.29, 0.717) is 42.2 Å². The average Bonchev–Trinajstić information content (AvgIpc) is 3.34. The number of nitrogens with zero attached hydrogens (tertiary/aromatic N) is 2. The van der Waals surface area contributed by atoms with E-state index in [1.165, 1.54) is 6.08 Å². The van der Waals surface area contributed by atoms with Gasteiger partial charge in [-0.05, 0) is 65.3 Å². The van der Waals surface area contributed by atoms with E-state index in [2.05, 4.69) is 42.4 Å². The number of nitrogens with one attached hydrogen (secondary N) is 2. The van der Waals surface area contributed by atoms with Crippen LogP contribution in [0.5, 0.6) is 0 Å². The summed E-state index contributed by atoms with van der Waals surface area (Å²) in [6.45, 7) is 10.1. The number of rotatable bonds is 9. The Bertz CT molecular complexity index is 1410. The third kappa shape index (κ3) is 6.17. The summed E-state index contributed by atoms with van der Waals surface area (Å²) in [4.78, 5) is 26.4. The van der Waals surface area contributed by atoms with Crippen LogP contribution < -0.4 is 10.6 Å². The number of amides is 2. The summed E-state index contributed by atoms with van der Waals surface area (Å²) >= 11 is 0. The van der Waals surface area contributed by atoms with Crippen molar-refractivity contribution in [3.05, 3.63) is 93.7 Å². The SMILES string of the molecule is C=NN(C)/C=C(\C)c1ccc(C2=CCC3OC(C4=CC=C(F)CC4)=C(C(=O)NC)C3=C2)cc1C(=O)NCC(C)C. The number of hydrazone groups is 1. The molecule has 1 unspecified atom stereocenters. The van der Waals surface area contributed by atoms with Crippen LogP contribution in [0.25, 0.3) is 11.1 Å². The van der Waals surface area contributed by atoms with Gasteiger partial charge in [-0.3, -0.25) is 14.6 Å². The van der Waals surface area contributed by atoms with Crippen molar-refractivity contribution in [2.75, 3.05) is 20.6 Å². The number of fused-ring (bicyclic) bond motifs is 1. The second-order valence-electron chi connectivity index (χ2n) is 10.6. The van der Waals surface area contributed by atoms with E-state index in [-0.39, 0.29) is 30.2 Å². The van der Waals surface area contributed by atoms with Crippen LogP contribution >= 0.6 is 0 Å². The summed E-state index contributed by atoms with van der Waals surface area (Å²) in [5, 5.41) is 11.3. The highest BCUT2D eigenvalue weighted by Crippen LogP contribution is 2.43. The third-order valence-electron chi connectivity index (χ3n) is 7.13.